The first-order valence-corrected chi connectivity index (χ1v) is 8.43. The van der Waals surface area contributed by atoms with Crippen molar-refractivity contribution in [1.29, 1.82) is 0 Å². The molecule has 0 spiro atoms. The topological polar surface area (TPSA) is 61.0 Å². The molecule has 3 rings (SSSR count). The third-order valence-corrected chi connectivity index (χ3v) is 4.23. The second-order valence-electron chi connectivity index (χ2n) is 6.15. The molecule has 0 aliphatic carbocycles. The molecule has 2 heterocycles. The number of ether oxygens (including phenoxy) is 1. The summed E-state index contributed by atoms with van der Waals surface area (Å²) in [6.45, 7) is 2.44. The Hall–Kier alpha value is -2.88. The smallest absolute Gasteiger partial charge is 0.382 e. The summed E-state index contributed by atoms with van der Waals surface area (Å²) in [6, 6.07) is 4.22. The van der Waals surface area contributed by atoms with Crippen LogP contribution in [0.5, 0.6) is 0 Å². The third-order valence-electron chi connectivity index (χ3n) is 4.23. The van der Waals surface area contributed by atoms with Crippen molar-refractivity contribution in [2.24, 2.45) is 0 Å². The standard InChI is InChI=1S/C19H15F6N3O/c1-2-29-9-10-8-27-17(26)16-12(10)5-6-15(28-16)13-4-3-11(18(20,21)22)7-14(13)19(23,24)25/h3-8H,2,9H2,1H3,(H2,26,27). The fourth-order valence-corrected chi connectivity index (χ4v) is 2.85. The zero-order valence-electron chi connectivity index (χ0n) is 15.0. The Bertz CT molecular complexity index is 1050. The summed E-state index contributed by atoms with van der Waals surface area (Å²) in [4.78, 5) is 8.13. The van der Waals surface area contributed by atoms with Gasteiger partial charge in [0, 0.05) is 29.3 Å². The van der Waals surface area contributed by atoms with Gasteiger partial charge in [-0.1, -0.05) is 12.1 Å². The number of hydrogen-bond acceptors (Lipinski definition) is 4. The van der Waals surface area contributed by atoms with Gasteiger partial charge in [0.05, 0.1) is 23.4 Å². The highest BCUT2D eigenvalue weighted by Crippen LogP contribution is 2.41. The normalized spacial score (nSPS) is 12.5. The fraction of sp³-hybridized carbons (Fsp3) is 0.263. The Kier molecular flexibility index (Phi) is 5.40. The molecule has 0 aliphatic heterocycles. The Balaban J connectivity index is 2.19. The summed E-state index contributed by atoms with van der Waals surface area (Å²) < 4.78 is 84.3. The molecule has 29 heavy (non-hydrogen) atoms. The molecule has 0 unspecified atom stereocenters. The molecule has 2 aromatic heterocycles. The highest BCUT2D eigenvalue weighted by Gasteiger charge is 2.38. The van der Waals surface area contributed by atoms with E-state index >= 15 is 0 Å². The van der Waals surface area contributed by atoms with Crippen LogP contribution in [-0.4, -0.2) is 16.6 Å². The van der Waals surface area contributed by atoms with Crippen LogP contribution < -0.4 is 5.73 Å². The van der Waals surface area contributed by atoms with Gasteiger partial charge in [0.25, 0.3) is 0 Å². The maximum atomic E-state index is 13.5. The van der Waals surface area contributed by atoms with Crippen molar-refractivity contribution in [2.75, 3.05) is 12.3 Å². The highest BCUT2D eigenvalue weighted by atomic mass is 19.4. The number of rotatable bonds is 4. The summed E-state index contributed by atoms with van der Waals surface area (Å²) in [5, 5.41) is 0.537. The number of alkyl halides is 6. The molecule has 0 bridgehead atoms. The van der Waals surface area contributed by atoms with Crippen molar-refractivity contribution in [2.45, 2.75) is 25.9 Å². The van der Waals surface area contributed by atoms with Crippen LogP contribution in [-0.2, 0) is 23.7 Å². The van der Waals surface area contributed by atoms with Crippen LogP contribution in [0.2, 0.25) is 0 Å². The van der Waals surface area contributed by atoms with Crippen molar-refractivity contribution in [3.05, 3.63) is 53.2 Å². The van der Waals surface area contributed by atoms with Gasteiger partial charge in [0.1, 0.15) is 11.3 Å². The minimum atomic E-state index is -5.01. The van der Waals surface area contributed by atoms with E-state index in [0.29, 0.717) is 23.6 Å². The molecule has 0 saturated carbocycles. The second-order valence-corrected chi connectivity index (χ2v) is 6.15. The van der Waals surface area contributed by atoms with E-state index in [1.54, 1.807) is 6.92 Å². The number of hydrogen-bond donors (Lipinski definition) is 1. The zero-order chi connectivity index (χ0) is 21.4. The number of pyridine rings is 2. The summed E-state index contributed by atoms with van der Waals surface area (Å²) in [6.07, 6.45) is -8.43. The average molecular weight is 415 g/mol. The van der Waals surface area contributed by atoms with Crippen molar-refractivity contribution < 1.29 is 31.1 Å². The Labute approximate surface area is 161 Å². The molecule has 154 valence electrons. The number of nitrogen functional groups attached to an aromatic ring is 1. The van der Waals surface area contributed by atoms with E-state index in [1.807, 2.05) is 0 Å². The summed E-state index contributed by atoms with van der Waals surface area (Å²) in [5.41, 5.74) is 3.13. The minimum absolute atomic E-state index is 0.0115. The van der Waals surface area contributed by atoms with Crippen LogP contribution >= 0.6 is 0 Å². The molecule has 0 amide bonds. The van der Waals surface area contributed by atoms with Gasteiger partial charge < -0.3 is 10.5 Å². The van der Waals surface area contributed by atoms with Gasteiger partial charge >= 0.3 is 12.4 Å². The van der Waals surface area contributed by atoms with Gasteiger partial charge in [-0.15, -0.1) is 0 Å². The fourth-order valence-electron chi connectivity index (χ4n) is 2.85. The first kappa shape index (κ1) is 20.8. The highest BCUT2D eigenvalue weighted by molar-refractivity contribution is 5.91. The van der Waals surface area contributed by atoms with Crippen LogP contribution in [0.3, 0.4) is 0 Å². The number of aromatic nitrogens is 2. The van der Waals surface area contributed by atoms with Crippen molar-refractivity contribution in [1.82, 2.24) is 9.97 Å². The monoisotopic (exact) mass is 415 g/mol. The summed E-state index contributed by atoms with van der Waals surface area (Å²) in [5.74, 6) is -0.0115. The molecule has 3 aromatic rings. The zero-order valence-corrected chi connectivity index (χ0v) is 15.0. The Morgan fingerprint density at radius 1 is 1.00 bits per heavy atom. The first-order chi connectivity index (χ1) is 13.5. The molecule has 0 saturated heterocycles. The van der Waals surface area contributed by atoms with Crippen molar-refractivity contribution in [3.8, 4) is 11.3 Å². The molecule has 1 aromatic carbocycles. The maximum absolute atomic E-state index is 13.5. The molecule has 0 radical (unpaired) electrons. The summed E-state index contributed by atoms with van der Waals surface area (Å²) in [7, 11) is 0. The number of nitrogens with zero attached hydrogens (tertiary/aromatic N) is 2. The number of fused-ring (bicyclic) bond motifs is 1. The molecule has 0 atom stereocenters. The van der Waals surface area contributed by atoms with Crippen molar-refractivity contribution in [3.63, 3.8) is 0 Å². The van der Waals surface area contributed by atoms with E-state index in [9.17, 15) is 26.3 Å². The Morgan fingerprint density at radius 3 is 2.34 bits per heavy atom. The molecule has 10 heteroatoms. The van der Waals surface area contributed by atoms with Crippen LogP contribution in [0.4, 0.5) is 32.2 Å². The van der Waals surface area contributed by atoms with Gasteiger partial charge in [-0.3, -0.25) is 0 Å². The first-order valence-electron chi connectivity index (χ1n) is 8.43. The van der Waals surface area contributed by atoms with Crippen LogP contribution in [0, 0.1) is 0 Å². The predicted molar refractivity (Wildman–Crippen MR) is 94.7 cm³/mol. The lowest BCUT2D eigenvalue weighted by Crippen LogP contribution is -2.12. The number of nitrogens with two attached hydrogens (primary N) is 1. The van der Waals surface area contributed by atoms with E-state index in [1.165, 1.54) is 18.3 Å². The summed E-state index contributed by atoms with van der Waals surface area (Å²) >= 11 is 0. The number of halogens is 6. The molecule has 2 N–H and O–H groups in total. The number of anilines is 1. The van der Waals surface area contributed by atoms with Crippen molar-refractivity contribution >= 4 is 16.7 Å². The van der Waals surface area contributed by atoms with E-state index in [4.69, 9.17) is 10.5 Å². The maximum Gasteiger partial charge on any atom is 0.417 e. The van der Waals surface area contributed by atoms with E-state index in [2.05, 4.69) is 9.97 Å². The van der Waals surface area contributed by atoms with Gasteiger partial charge in [0.15, 0.2) is 0 Å². The van der Waals surface area contributed by atoms with Crippen LogP contribution in [0.25, 0.3) is 22.2 Å². The van der Waals surface area contributed by atoms with Gasteiger partial charge in [-0.25, -0.2) is 9.97 Å². The lowest BCUT2D eigenvalue weighted by atomic mass is 9.99. The Morgan fingerprint density at radius 2 is 1.72 bits per heavy atom. The molecular weight excluding hydrogens is 400 g/mol. The average Bonchev–Trinajstić information content (AvgIpc) is 2.65. The lowest BCUT2D eigenvalue weighted by molar-refractivity contribution is -0.142. The lowest BCUT2D eigenvalue weighted by Gasteiger charge is -2.16. The molecule has 0 fully saturated rings. The largest absolute Gasteiger partial charge is 0.417 e. The second kappa shape index (κ2) is 7.51. The van der Waals surface area contributed by atoms with Gasteiger partial charge in [-0.05, 0) is 25.1 Å². The predicted octanol–water partition coefficient (Wildman–Crippen LogP) is 5.45. The molecule has 4 nitrogen and oxygen atoms in total. The van der Waals surface area contributed by atoms with Crippen LogP contribution in [0.1, 0.15) is 23.6 Å². The SMILES string of the molecule is CCOCc1cnc(N)c2nc(-c3ccc(C(F)(F)F)cc3C(F)(F)F)ccc12. The minimum Gasteiger partial charge on any atom is -0.382 e. The quantitative estimate of drug-likeness (QED) is 0.576. The van der Waals surface area contributed by atoms with E-state index in [-0.39, 0.29) is 29.7 Å². The van der Waals surface area contributed by atoms with Gasteiger partial charge in [-0.2, -0.15) is 26.3 Å². The third kappa shape index (κ3) is 4.26. The van der Waals surface area contributed by atoms with E-state index in [0.717, 1.165) is 6.07 Å². The van der Waals surface area contributed by atoms with E-state index < -0.39 is 29.0 Å². The van der Waals surface area contributed by atoms with Gasteiger partial charge in [0.2, 0.25) is 0 Å². The molecular formula is C19H15F6N3O. The van der Waals surface area contributed by atoms with Crippen LogP contribution in [0.15, 0.2) is 36.5 Å². The molecule has 0 aliphatic rings. The number of benzene rings is 1.